The summed E-state index contributed by atoms with van der Waals surface area (Å²) in [5, 5.41) is 16.2. The van der Waals surface area contributed by atoms with Gasteiger partial charge in [-0.25, -0.2) is 9.50 Å². The summed E-state index contributed by atoms with van der Waals surface area (Å²) in [7, 11) is 0. The highest BCUT2D eigenvalue weighted by atomic mass is 16.3. The number of aliphatic hydroxyl groups excluding tert-OH is 1. The first kappa shape index (κ1) is 13.3. The molecule has 2 heterocycles. The molecule has 1 aliphatic rings. The summed E-state index contributed by atoms with van der Waals surface area (Å²) >= 11 is 0. The SMILES string of the molecule is O=c1[nH]c(CNCCO)nn2c(C3CCCC3)ncc12. The minimum Gasteiger partial charge on any atom is -0.395 e. The number of aromatic nitrogens is 4. The minimum atomic E-state index is -0.169. The molecule has 1 fully saturated rings. The van der Waals surface area contributed by atoms with E-state index in [1.807, 2.05) is 0 Å². The fraction of sp³-hybridized carbons (Fsp3) is 0.615. The number of hydrogen-bond acceptors (Lipinski definition) is 5. The zero-order valence-electron chi connectivity index (χ0n) is 11.3. The fourth-order valence-electron chi connectivity index (χ4n) is 2.79. The molecule has 0 aromatic carbocycles. The predicted octanol–water partition coefficient (Wildman–Crippen LogP) is 0.157. The molecule has 1 aliphatic carbocycles. The standard InChI is InChI=1S/C13H19N5O2/c19-6-5-14-8-11-16-13(20)10-7-15-12(18(10)17-11)9-3-1-2-4-9/h7,9,14,19H,1-6,8H2,(H,16,17,20). The second-order valence-electron chi connectivity index (χ2n) is 5.20. The number of nitrogens with one attached hydrogen (secondary N) is 2. The van der Waals surface area contributed by atoms with E-state index in [0.717, 1.165) is 18.7 Å². The number of fused-ring (bicyclic) bond motifs is 1. The van der Waals surface area contributed by atoms with Crippen LogP contribution in [0, 0.1) is 0 Å². The molecule has 0 saturated heterocycles. The van der Waals surface area contributed by atoms with Gasteiger partial charge in [-0.1, -0.05) is 12.8 Å². The third kappa shape index (κ3) is 2.46. The molecule has 20 heavy (non-hydrogen) atoms. The van der Waals surface area contributed by atoms with Gasteiger partial charge < -0.3 is 15.4 Å². The van der Waals surface area contributed by atoms with Gasteiger partial charge in [-0.05, 0) is 12.8 Å². The van der Waals surface area contributed by atoms with Crippen molar-refractivity contribution in [2.24, 2.45) is 0 Å². The molecule has 0 spiro atoms. The van der Waals surface area contributed by atoms with E-state index in [9.17, 15) is 4.79 Å². The second kappa shape index (κ2) is 5.72. The number of hydrogen-bond donors (Lipinski definition) is 3. The number of H-pyrrole nitrogens is 1. The Kier molecular flexibility index (Phi) is 3.79. The van der Waals surface area contributed by atoms with Gasteiger partial charge in [-0.2, -0.15) is 5.10 Å². The van der Waals surface area contributed by atoms with Crippen molar-refractivity contribution in [3.8, 4) is 0 Å². The second-order valence-corrected chi connectivity index (χ2v) is 5.20. The summed E-state index contributed by atoms with van der Waals surface area (Å²) in [6.07, 6.45) is 6.27. The predicted molar refractivity (Wildman–Crippen MR) is 73.6 cm³/mol. The lowest BCUT2D eigenvalue weighted by molar-refractivity contribution is 0.291. The Hall–Kier alpha value is -1.73. The molecule has 0 radical (unpaired) electrons. The van der Waals surface area contributed by atoms with Crippen molar-refractivity contribution < 1.29 is 5.11 Å². The number of rotatable bonds is 5. The summed E-state index contributed by atoms with van der Waals surface area (Å²) in [5.41, 5.74) is 0.329. The first-order valence-electron chi connectivity index (χ1n) is 7.08. The van der Waals surface area contributed by atoms with E-state index in [2.05, 4.69) is 20.4 Å². The van der Waals surface area contributed by atoms with E-state index >= 15 is 0 Å². The van der Waals surface area contributed by atoms with Crippen molar-refractivity contribution in [2.45, 2.75) is 38.1 Å². The van der Waals surface area contributed by atoms with Crippen LogP contribution in [-0.2, 0) is 6.54 Å². The normalized spacial score (nSPS) is 16.2. The van der Waals surface area contributed by atoms with Gasteiger partial charge >= 0.3 is 0 Å². The van der Waals surface area contributed by atoms with Gasteiger partial charge in [0, 0.05) is 12.5 Å². The topological polar surface area (TPSA) is 95.3 Å². The Morgan fingerprint density at radius 2 is 2.25 bits per heavy atom. The van der Waals surface area contributed by atoms with Crippen molar-refractivity contribution in [2.75, 3.05) is 13.2 Å². The highest BCUT2D eigenvalue weighted by Gasteiger charge is 2.22. The van der Waals surface area contributed by atoms with Crippen molar-refractivity contribution in [1.29, 1.82) is 0 Å². The zero-order valence-corrected chi connectivity index (χ0v) is 11.3. The van der Waals surface area contributed by atoms with Gasteiger partial charge in [-0.15, -0.1) is 0 Å². The lowest BCUT2D eigenvalue weighted by Gasteiger charge is -2.08. The van der Waals surface area contributed by atoms with Crippen molar-refractivity contribution in [3.63, 3.8) is 0 Å². The molecular weight excluding hydrogens is 258 g/mol. The number of imidazole rings is 1. The molecule has 2 aromatic rings. The zero-order chi connectivity index (χ0) is 13.9. The van der Waals surface area contributed by atoms with Crippen LogP contribution in [0.3, 0.4) is 0 Å². The maximum atomic E-state index is 12.0. The van der Waals surface area contributed by atoms with E-state index in [4.69, 9.17) is 5.11 Å². The van der Waals surface area contributed by atoms with E-state index < -0.39 is 0 Å². The Labute approximate surface area is 116 Å². The molecule has 3 rings (SSSR count). The van der Waals surface area contributed by atoms with Crippen molar-refractivity contribution in [3.05, 3.63) is 28.2 Å². The summed E-state index contributed by atoms with van der Waals surface area (Å²) < 4.78 is 1.69. The van der Waals surface area contributed by atoms with Crippen LogP contribution in [0.5, 0.6) is 0 Å². The van der Waals surface area contributed by atoms with Crippen molar-refractivity contribution in [1.82, 2.24) is 24.9 Å². The van der Waals surface area contributed by atoms with Crippen LogP contribution in [0.2, 0.25) is 0 Å². The van der Waals surface area contributed by atoms with Crippen LogP contribution in [0.1, 0.15) is 43.3 Å². The third-order valence-corrected chi connectivity index (χ3v) is 3.78. The first-order valence-corrected chi connectivity index (χ1v) is 7.08. The lowest BCUT2D eigenvalue weighted by Crippen LogP contribution is -2.24. The average Bonchev–Trinajstić information content (AvgIpc) is 3.06. The van der Waals surface area contributed by atoms with E-state index in [0.29, 0.717) is 30.3 Å². The Morgan fingerprint density at radius 3 is 3.00 bits per heavy atom. The van der Waals surface area contributed by atoms with Crippen LogP contribution in [0.25, 0.3) is 5.52 Å². The van der Waals surface area contributed by atoms with Gasteiger partial charge in [0.25, 0.3) is 5.56 Å². The van der Waals surface area contributed by atoms with Crippen molar-refractivity contribution >= 4 is 5.52 Å². The molecule has 108 valence electrons. The molecule has 0 unspecified atom stereocenters. The Bertz CT molecular complexity index is 642. The molecule has 0 bridgehead atoms. The minimum absolute atomic E-state index is 0.0604. The highest BCUT2D eigenvalue weighted by Crippen LogP contribution is 2.32. The number of nitrogens with zero attached hydrogens (tertiary/aromatic N) is 3. The molecule has 1 saturated carbocycles. The quantitative estimate of drug-likeness (QED) is 0.677. The van der Waals surface area contributed by atoms with Gasteiger partial charge in [0.05, 0.1) is 19.3 Å². The van der Waals surface area contributed by atoms with Crippen LogP contribution >= 0.6 is 0 Å². The highest BCUT2D eigenvalue weighted by molar-refractivity contribution is 5.42. The summed E-state index contributed by atoms with van der Waals surface area (Å²) in [4.78, 5) is 19.2. The monoisotopic (exact) mass is 277 g/mol. The van der Waals surface area contributed by atoms with Gasteiger partial charge in [0.2, 0.25) is 0 Å². The van der Waals surface area contributed by atoms with E-state index in [-0.39, 0.29) is 12.2 Å². The van der Waals surface area contributed by atoms with Crippen LogP contribution < -0.4 is 10.9 Å². The first-order chi connectivity index (χ1) is 9.79. The molecule has 0 amide bonds. The Morgan fingerprint density at radius 1 is 1.45 bits per heavy atom. The summed E-state index contributed by atoms with van der Waals surface area (Å²) in [6.45, 7) is 0.958. The fourth-order valence-corrected chi connectivity index (χ4v) is 2.79. The maximum Gasteiger partial charge on any atom is 0.276 e. The van der Waals surface area contributed by atoms with Crippen LogP contribution in [-0.4, -0.2) is 37.8 Å². The molecule has 2 aromatic heterocycles. The molecule has 7 nitrogen and oxygen atoms in total. The molecule has 0 aliphatic heterocycles. The van der Waals surface area contributed by atoms with Gasteiger partial charge in [0.1, 0.15) is 11.6 Å². The molecule has 7 heteroatoms. The average molecular weight is 277 g/mol. The number of aromatic amines is 1. The summed E-state index contributed by atoms with van der Waals surface area (Å²) in [6, 6.07) is 0. The smallest absolute Gasteiger partial charge is 0.276 e. The van der Waals surface area contributed by atoms with E-state index in [1.54, 1.807) is 10.7 Å². The van der Waals surface area contributed by atoms with E-state index in [1.165, 1.54) is 12.8 Å². The molecule has 3 N–H and O–H groups in total. The van der Waals surface area contributed by atoms with Gasteiger partial charge in [0.15, 0.2) is 5.52 Å². The largest absolute Gasteiger partial charge is 0.395 e. The Balaban J connectivity index is 1.95. The van der Waals surface area contributed by atoms with Gasteiger partial charge in [-0.3, -0.25) is 4.79 Å². The molecule has 0 atom stereocenters. The number of aliphatic hydroxyl groups is 1. The third-order valence-electron chi connectivity index (χ3n) is 3.78. The maximum absolute atomic E-state index is 12.0. The lowest BCUT2D eigenvalue weighted by atomic mass is 10.1. The summed E-state index contributed by atoms with van der Waals surface area (Å²) in [5.74, 6) is 1.87. The van der Waals surface area contributed by atoms with Crippen LogP contribution in [0.15, 0.2) is 11.0 Å². The molecular formula is C13H19N5O2. The van der Waals surface area contributed by atoms with Crippen LogP contribution in [0.4, 0.5) is 0 Å².